The summed E-state index contributed by atoms with van der Waals surface area (Å²) in [6, 6.07) is 0. The van der Waals surface area contributed by atoms with Crippen LogP contribution in [0.5, 0.6) is 0 Å². The summed E-state index contributed by atoms with van der Waals surface area (Å²) < 4.78 is 16.0. The Morgan fingerprint density at radius 3 is 2.28 bits per heavy atom. The highest BCUT2D eigenvalue weighted by molar-refractivity contribution is 5.69. The Balaban J connectivity index is 2.09. The van der Waals surface area contributed by atoms with Gasteiger partial charge in [0.05, 0.1) is 19.1 Å². The third-order valence-electron chi connectivity index (χ3n) is 4.11. The molecule has 1 heterocycles. The average molecular weight is 358 g/mol. The second kappa shape index (κ2) is 12.2. The number of esters is 2. The van der Waals surface area contributed by atoms with E-state index in [9.17, 15) is 9.59 Å². The van der Waals surface area contributed by atoms with Crippen LogP contribution in [0.25, 0.3) is 0 Å². The smallest absolute Gasteiger partial charge is 0.307 e. The largest absolute Gasteiger partial charge is 0.463 e. The predicted molar refractivity (Wildman–Crippen MR) is 95.4 cm³/mol. The van der Waals surface area contributed by atoms with Gasteiger partial charge >= 0.3 is 11.9 Å². The van der Waals surface area contributed by atoms with E-state index in [0.717, 1.165) is 39.1 Å². The molecule has 0 aromatic heterocycles. The van der Waals surface area contributed by atoms with E-state index in [2.05, 4.69) is 16.8 Å². The number of carbonyl (C=O) groups excluding carboxylic acids is 2. The van der Waals surface area contributed by atoms with E-state index in [-0.39, 0.29) is 30.8 Å². The Kier molecular flexibility index (Phi) is 10.7. The Bertz CT molecular complexity index is 397. The molecule has 0 N–H and O–H groups in total. The number of ether oxygens (including phenoxy) is 3. The molecule has 2 atom stereocenters. The highest BCUT2D eigenvalue weighted by Crippen LogP contribution is 2.04. The summed E-state index contributed by atoms with van der Waals surface area (Å²) in [6.45, 7) is 10.9. The van der Waals surface area contributed by atoms with E-state index in [0.29, 0.717) is 19.4 Å². The van der Waals surface area contributed by atoms with Gasteiger partial charge in [-0.05, 0) is 27.3 Å². The van der Waals surface area contributed by atoms with E-state index in [4.69, 9.17) is 14.2 Å². The third kappa shape index (κ3) is 10.4. The first-order valence-electron chi connectivity index (χ1n) is 9.28. The maximum Gasteiger partial charge on any atom is 0.307 e. The van der Waals surface area contributed by atoms with E-state index < -0.39 is 0 Å². The Labute approximate surface area is 151 Å². The lowest BCUT2D eigenvalue weighted by molar-refractivity contribution is -0.154. The molecule has 0 bridgehead atoms. The fourth-order valence-corrected chi connectivity index (χ4v) is 2.47. The minimum Gasteiger partial charge on any atom is -0.463 e. The van der Waals surface area contributed by atoms with Gasteiger partial charge in [0.2, 0.25) is 0 Å². The Morgan fingerprint density at radius 2 is 1.64 bits per heavy atom. The summed E-state index contributed by atoms with van der Waals surface area (Å²) in [7, 11) is 2.11. The Morgan fingerprint density at radius 1 is 0.960 bits per heavy atom. The summed E-state index contributed by atoms with van der Waals surface area (Å²) >= 11 is 0. The van der Waals surface area contributed by atoms with Crippen LogP contribution >= 0.6 is 0 Å². The van der Waals surface area contributed by atoms with E-state index in [1.54, 1.807) is 0 Å². The number of nitrogens with zero attached hydrogens (tertiary/aromatic N) is 2. The van der Waals surface area contributed by atoms with Crippen molar-refractivity contribution in [2.75, 3.05) is 53.0 Å². The molecule has 0 spiro atoms. The van der Waals surface area contributed by atoms with Crippen LogP contribution in [0.4, 0.5) is 0 Å². The quantitative estimate of drug-likeness (QED) is 0.516. The number of likely N-dealkylation sites (N-methyl/N-ethyl adjacent to an activating group) is 1. The molecule has 0 aliphatic carbocycles. The predicted octanol–water partition coefficient (Wildman–Crippen LogP) is 1.30. The maximum atomic E-state index is 11.9. The lowest BCUT2D eigenvalue weighted by Gasteiger charge is -2.32. The van der Waals surface area contributed by atoms with Crippen molar-refractivity contribution < 1.29 is 23.8 Å². The van der Waals surface area contributed by atoms with Gasteiger partial charge in [0.1, 0.15) is 12.7 Å². The van der Waals surface area contributed by atoms with Crippen molar-refractivity contribution in [1.29, 1.82) is 0 Å². The van der Waals surface area contributed by atoms with Gasteiger partial charge in [0.25, 0.3) is 0 Å². The molecular weight excluding hydrogens is 324 g/mol. The maximum absolute atomic E-state index is 11.9. The van der Waals surface area contributed by atoms with Crippen LogP contribution in [0.3, 0.4) is 0 Å². The molecule has 1 fully saturated rings. The molecule has 2 unspecified atom stereocenters. The third-order valence-corrected chi connectivity index (χ3v) is 4.11. The first-order valence-corrected chi connectivity index (χ1v) is 9.28. The van der Waals surface area contributed by atoms with Crippen molar-refractivity contribution in [3.8, 4) is 0 Å². The van der Waals surface area contributed by atoms with Crippen molar-refractivity contribution in [2.45, 2.75) is 52.2 Å². The molecule has 0 aromatic carbocycles. The fraction of sp³-hybridized carbons (Fsp3) is 0.889. The molecule has 1 saturated heterocycles. The van der Waals surface area contributed by atoms with Gasteiger partial charge in [-0.2, -0.15) is 0 Å². The number of rotatable bonds is 11. The fourth-order valence-electron chi connectivity index (χ4n) is 2.47. The molecule has 7 heteroatoms. The van der Waals surface area contributed by atoms with Gasteiger partial charge in [0, 0.05) is 39.1 Å². The van der Waals surface area contributed by atoms with Crippen molar-refractivity contribution in [1.82, 2.24) is 9.80 Å². The van der Waals surface area contributed by atoms with Gasteiger partial charge in [0.15, 0.2) is 0 Å². The van der Waals surface area contributed by atoms with Gasteiger partial charge in [-0.25, -0.2) is 0 Å². The summed E-state index contributed by atoms with van der Waals surface area (Å²) in [5, 5.41) is 0. The molecule has 1 aliphatic rings. The minimum atomic E-state index is -0.311. The lowest BCUT2D eigenvalue weighted by atomic mass is 10.3. The number of hydrogen-bond donors (Lipinski definition) is 0. The highest BCUT2D eigenvalue weighted by Gasteiger charge is 2.17. The molecule has 7 nitrogen and oxygen atoms in total. The normalized spacial score (nSPS) is 18.6. The summed E-state index contributed by atoms with van der Waals surface area (Å²) in [5.41, 5.74) is 0. The van der Waals surface area contributed by atoms with E-state index >= 15 is 0 Å². The second-order valence-corrected chi connectivity index (χ2v) is 6.77. The number of piperazine rings is 1. The van der Waals surface area contributed by atoms with Crippen molar-refractivity contribution >= 4 is 11.9 Å². The zero-order valence-corrected chi connectivity index (χ0v) is 16.2. The molecule has 1 aliphatic heterocycles. The molecule has 0 amide bonds. The van der Waals surface area contributed by atoms with Gasteiger partial charge < -0.3 is 24.0 Å². The van der Waals surface area contributed by atoms with Crippen LogP contribution in [0.1, 0.15) is 40.0 Å². The second-order valence-electron chi connectivity index (χ2n) is 6.77. The first kappa shape index (κ1) is 21.9. The van der Waals surface area contributed by atoms with Gasteiger partial charge in [-0.1, -0.05) is 6.92 Å². The van der Waals surface area contributed by atoms with E-state index in [1.807, 2.05) is 20.8 Å². The van der Waals surface area contributed by atoms with Crippen LogP contribution in [0.2, 0.25) is 0 Å². The van der Waals surface area contributed by atoms with E-state index in [1.165, 1.54) is 0 Å². The molecule has 0 aromatic rings. The van der Waals surface area contributed by atoms with Crippen LogP contribution < -0.4 is 0 Å². The van der Waals surface area contributed by atoms with Crippen LogP contribution in [-0.4, -0.2) is 86.9 Å². The van der Waals surface area contributed by atoms with Crippen molar-refractivity contribution in [3.63, 3.8) is 0 Å². The molecule has 1 rings (SSSR count). The standard InChI is InChI=1S/C18H34N2O5/c1-5-6-17(21)24-13-15(2)23-14-16(3)25-18(22)7-8-20-11-9-19(4)10-12-20/h15-16H,5-14H2,1-4H3. The highest BCUT2D eigenvalue weighted by atomic mass is 16.6. The molecule has 0 radical (unpaired) electrons. The molecule has 25 heavy (non-hydrogen) atoms. The van der Waals surface area contributed by atoms with Crippen LogP contribution in [-0.2, 0) is 23.8 Å². The number of carbonyl (C=O) groups is 2. The zero-order chi connectivity index (χ0) is 18.7. The Hall–Kier alpha value is -1.18. The molecule has 0 saturated carbocycles. The average Bonchev–Trinajstić information content (AvgIpc) is 2.58. The van der Waals surface area contributed by atoms with Gasteiger partial charge in [-0.3, -0.25) is 9.59 Å². The SMILES string of the molecule is CCCC(=O)OCC(C)OCC(C)OC(=O)CCN1CCN(C)CC1. The molecular formula is C18H34N2O5. The number of hydrogen-bond acceptors (Lipinski definition) is 7. The summed E-state index contributed by atoms with van der Waals surface area (Å²) in [6.07, 6.45) is 1.07. The van der Waals surface area contributed by atoms with Gasteiger partial charge in [-0.15, -0.1) is 0 Å². The van der Waals surface area contributed by atoms with Crippen LogP contribution in [0.15, 0.2) is 0 Å². The first-order chi connectivity index (χ1) is 11.9. The van der Waals surface area contributed by atoms with Crippen molar-refractivity contribution in [2.24, 2.45) is 0 Å². The zero-order valence-electron chi connectivity index (χ0n) is 16.2. The van der Waals surface area contributed by atoms with Crippen LogP contribution in [0, 0.1) is 0 Å². The summed E-state index contributed by atoms with van der Waals surface area (Å²) in [5.74, 6) is -0.404. The molecule has 146 valence electrons. The monoisotopic (exact) mass is 358 g/mol. The topological polar surface area (TPSA) is 68.3 Å². The van der Waals surface area contributed by atoms with Crippen molar-refractivity contribution in [3.05, 3.63) is 0 Å². The minimum absolute atomic E-state index is 0.197. The summed E-state index contributed by atoms with van der Waals surface area (Å²) in [4.78, 5) is 27.8. The lowest BCUT2D eigenvalue weighted by Crippen LogP contribution is -2.45.